The molecule has 2 heterocycles. The number of rotatable bonds is 3. The first-order valence-corrected chi connectivity index (χ1v) is 8.26. The van der Waals surface area contributed by atoms with Crippen LogP contribution in [0.3, 0.4) is 0 Å². The van der Waals surface area contributed by atoms with E-state index in [4.69, 9.17) is 0 Å². The van der Waals surface area contributed by atoms with Gasteiger partial charge >= 0.3 is 0 Å². The molecular formula is C12H21NO3S. The minimum atomic E-state index is -2.82. The summed E-state index contributed by atoms with van der Waals surface area (Å²) >= 11 is 0. The fraction of sp³-hybridized carbons (Fsp3) is 0.917. The van der Waals surface area contributed by atoms with Crippen LogP contribution in [0.25, 0.3) is 0 Å². The summed E-state index contributed by atoms with van der Waals surface area (Å²) in [6, 6.07) is 0.434. The highest BCUT2D eigenvalue weighted by molar-refractivity contribution is 7.91. The molecule has 0 spiro atoms. The molecule has 0 aliphatic carbocycles. The lowest BCUT2D eigenvalue weighted by atomic mass is 9.95. The van der Waals surface area contributed by atoms with Gasteiger partial charge in [-0.25, -0.2) is 8.42 Å². The van der Waals surface area contributed by atoms with Crippen LogP contribution in [-0.2, 0) is 14.6 Å². The zero-order valence-corrected chi connectivity index (χ0v) is 11.2. The molecule has 2 saturated heterocycles. The van der Waals surface area contributed by atoms with Crippen molar-refractivity contribution in [2.75, 3.05) is 18.1 Å². The maximum Gasteiger partial charge on any atom is 0.151 e. The maximum absolute atomic E-state index is 11.5. The number of carbonyl (C=O) groups is 1. The fourth-order valence-corrected chi connectivity index (χ4v) is 4.83. The molecule has 0 saturated carbocycles. The normalized spacial score (nSPS) is 33.7. The molecule has 2 rings (SSSR count). The molecule has 0 bridgehead atoms. The average molecular weight is 259 g/mol. The van der Waals surface area contributed by atoms with Gasteiger partial charge in [0, 0.05) is 18.5 Å². The molecule has 2 aliphatic rings. The Balaban J connectivity index is 2.04. The van der Waals surface area contributed by atoms with Gasteiger partial charge in [0.05, 0.1) is 11.5 Å². The lowest BCUT2D eigenvalue weighted by molar-refractivity contribution is -0.118. The third-order valence-corrected chi connectivity index (χ3v) is 5.62. The molecule has 0 aromatic heterocycles. The van der Waals surface area contributed by atoms with E-state index in [0.29, 0.717) is 17.9 Å². The minimum absolute atomic E-state index is 0.157. The van der Waals surface area contributed by atoms with Crippen molar-refractivity contribution in [2.45, 2.75) is 51.1 Å². The van der Waals surface area contributed by atoms with Crippen molar-refractivity contribution < 1.29 is 13.2 Å². The van der Waals surface area contributed by atoms with E-state index >= 15 is 0 Å². The highest BCUT2D eigenvalue weighted by Gasteiger charge is 2.36. The molecule has 98 valence electrons. The zero-order valence-electron chi connectivity index (χ0n) is 10.4. The SMILES string of the molecule is CC(=O)CC1CCCCN1C1CCS(=O)(=O)C1. The smallest absolute Gasteiger partial charge is 0.151 e. The summed E-state index contributed by atoms with van der Waals surface area (Å²) in [6.07, 6.45) is 4.66. The Morgan fingerprint density at radius 1 is 1.29 bits per heavy atom. The van der Waals surface area contributed by atoms with Crippen LogP contribution in [0, 0.1) is 0 Å². The van der Waals surface area contributed by atoms with E-state index < -0.39 is 9.84 Å². The number of Topliss-reactive ketones (excluding diaryl/α,β-unsaturated/α-hetero) is 1. The molecule has 0 radical (unpaired) electrons. The van der Waals surface area contributed by atoms with Gasteiger partial charge in [0.2, 0.25) is 0 Å². The molecular weight excluding hydrogens is 238 g/mol. The molecule has 2 atom stereocenters. The molecule has 2 fully saturated rings. The van der Waals surface area contributed by atoms with Gasteiger partial charge < -0.3 is 0 Å². The highest BCUT2D eigenvalue weighted by atomic mass is 32.2. The van der Waals surface area contributed by atoms with Gasteiger partial charge in [-0.3, -0.25) is 9.69 Å². The predicted molar refractivity (Wildman–Crippen MR) is 66.7 cm³/mol. The topological polar surface area (TPSA) is 54.5 Å². The molecule has 2 unspecified atom stereocenters. The van der Waals surface area contributed by atoms with Gasteiger partial charge in [-0.1, -0.05) is 6.42 Å². The molecule has 0 aromatic rings. The monoisotopic (exact) mass is 259 g/mol. The lowest BCUT2D eigenvalue weighted by Crippen LogP contribution is -2.47. The van der Waals surface area contributed by atoms with Crippen molar-refractivity contribution in [2.24, 2.45) is 0 Å². The molecule has 5 heteroatoms. The minimum Gasteiger partial charge on any atom is -0.300 e. The zero-order chi connectivity index (χ0) is 12.5. The van der Waals surface area contributed by atoms with Crippen LogP contribution in [0.1, 0.15) is 39.0 Å². The number of nitrogens with zero attached hydrogens (tertiary/aromatic N) is 1. The molecule has 4 nitrogen and oxygen atoms in total. The number of sulfone groups is 1. The van der Waals surface area contributed by atoms with Crippen molar-refractivity contribution in [3.05, 3.63) is 0 Å². The number of piperidine rings is 1. The van der Waals surface area contributed by atoms with E-state index in [0.717, 1.165) is 32.2 Å². The van der Waals surface area contributed by atoms with Gasteiger partial charge in [0.25, 0.3) is 0 Å². The van der Waals surface area contributed by atoms with E-state index in [9.17, 15) is 13.2 Å². The van der Waals surface area contributed by atoms with Gasteiger partial charge in [0.1, 0.15) is 5.78 Å². The van der Waals surface area contributed by atoms with E-state index in [1.54, 1.807) is 6.92 Å². The molecule has 17 heavy (non-hydrogen) atoms. The number of hydrogen-bond donors (Lipinski definition) is 0. The first kappa shape index (κ1) is 13.0. The Morgan fingerprint density at radius 2 is 2.06 bits per heavy atom. The summed E-state index contributed by atoms with van der Waals surface area (Å²) in [4.78, 5) is 13.5. The van der Waals surface area contributed by atoms with Gasteiger partial charge in [0.15, 0.2) is 9.84 Å². The average Bonchev–Trinajstić information content (AvgIpc) is 2.59. The van der Waals surface area contributed by atoms with E-state index in [-0.39, 0.29) is 17.9 Å². The van der Waals surface area contributed by atoms with Crippen LogP contribution in [0.2, 0.25) is 0 Å². The van der Waals surface area contributed by atoms with Crippen LogP contribution in [-0.4, -0.2) is 49.2 Å². The van der Waals surface area contributed by atoms with Crippen molar-refractivity contribution in [3.8, 4) is 0 Å². The molecule has 2 aliphatic heterocycles. The van der Waals surface area contributed by atoms with E-state index in [2.05, 4.69) is 4.90 Å². The summed E-state index contributed by atoms with van der Waals surface area (Å²) in [7, 11) is -2.82. The van der Waals surface area contributed by atoms with Crippen LogP contribution in [0.15, 0.2) is 0 Å². The number of hydrogen-bond acceptors (Lipinski definition) is 4. The largest absolute Gasteiger partial charge is 0.300 e. The van der Waals surface area contributed by atoms with Crippen molar-refractivity contribution >= 4 is 15.6 Å². The van der Waals surface area contributed by atoms with Gasteiger partial charge in [-0.2, -0.15) is 0 Å². The van der Waals surface area contributed by atoms with Crippen molar-refractivity contribution in [1.82, 2.24) is 4.90 Å². The second-order valence-electron chi connectivity index (χ2n) is 5.35. The van der Waals surface area contributed by atoms with E-state index in [1.165, 1.54) is 0 Å². The van der Waals surface area contributed by atoms with Crippen LogP contribution in [0.5, 0.6) is 0 Å². The van der Waals surface area contributed by atoms with Gasteiger partial charge in [-0.05, 0) is 32.7 Å². The molecule has 0 amide bonds. The second-order valence-corrected chi connectivity index (χ2v) is 7.58. The van der Waals surface area contributed by atoms with E-state index in [1.807, 2.05) is 0 Å². The first-order valence-electron chi connectivity index (χ1n) is 6.43. The number of ketones is 1. The second kappa shape index (κ2) is 5.06. The van der Waals surface area contributed by atoms with Crippen molar-refractivity contribution in [3.63, 3.8) is 0 Å². The Kier molecular flexibility index (Phi) is 3.88. The maximum atomic E-state index is 11.5. The Morgan fingerprint density at radius 3 is 2.65 bits per heavy atom. The first-order chi connectivity index (χ1) is 7.98. The van der Waals surface area contributed by atoms with Crippen molar-refractivity contribution in [1.29, 1.82) is 0 Å². The third-order valence-electron chi connectivity index (χ3n) is 3.87. The number of carbonyl (C=O) groups excluding carboxylic acids is 1. The summed E-state index contributed by atoms with van der Waals surface area (Å²) in [5.74, 6) is 0.824. The summed E-state index contributed by atoms with van der Waals surface area (Å²) in [5.41, 5.74) is 0. The van der Waals surface area contributed by atoms with Crippen LogP contribution < -0.4 is 0 Å². The standard InChI is InChI=1S/C12H21NO3S/c1-10(14)8-11-4-2-3-6-13(11)12-5-7-17(15,16)9-12/h11-12H,2-9H2,1H3. The van der Waals surface area contributed by atoms with Gasteiger partial charge in [-0.15, -0.1) is 0 Å². The van der Waals surface area contributed by atoms with Crippen LogP contribution in [0.4, 0.5) is 0 Å². The molecule has 0 aromatic carbocycles. The summed E-state index contributed by atoms with van der Waals surface area (Å²) in [6.45, 7) is 2.58. The predicted octanol–water partition coefficient (Wildman–Crippen LogP) is 1.01. The van der Waals surface area contributed by atoms with Crippen LogP contribution >= 0.6 is 0 Å². The third kappa shape index (κ3) is 3.28. The summed E-state index contributed by atoms with van der Waals surface area (Å²) in [5, 5.41) is 0. The summed E-state index contributed by atoms with van der Waals surface area (Å²) < 4.78 is 23.0. The Labute approximate surface area is 103 Å². The lowest BCUT2D eigenvalue weighted by Gasteiger charge is -2.39. The molecule has 0 N–H and O–H groups in total. The Hall–Kier alpha value is -0.420. The Bertz CT molecular complexity index is 391. The highest BCUT2D eigenvalue weighted by Crippen LogP contribution is 2.27. The quantitative estimate of drug-likeness (QED) is 0.759. The number of likely N-dealkylation sites (tertiary alicyclic amines) is 1. The fourth-order valence-electron chi connectivity index (χ4n) is 3.09.